The van der Waals surface area contributed by atoms with Gasteiger partial charge in [-0.2, -0.15) is 0 Å². The summed E-state index contributed by atoms with van der Waals surface area (Å²) in [6.07, 6.45) is 5.96. The zero-order valence-electron chi connectivity index (χ0n) is 10.6. The molecule has 4 heteroatoms. The minimum absolute atomic E-state index is 0.117. The quantitative estimate of drug-likeness (QED) is 0.809. The number of aromatic nitrogens is 2. The van der Waals surface area contributed by atoms with E-state index in [-0.39, 0.29) is 5.56 Å². The van der Waals surface area contributed by atoms with Crippen LogP contribution in [0.15, 0.2) is 29.3 Å². The van der Waals surface area contributed by atoms with Crippen LogP contribution in [0.2, 0.25) is 0 Å². The molecule has 0 atom stereocenters. The highest BCUT2D eigenvalue weighted by Gasteiger charge is 2.15. The maximum Gasteiger partial charge on any atom is 0.275 e. The van der Waals surface area contributed by atoms with Crippen molar-refractivity contribution in [2.75, 3.05) is 13.2 Å². The van der Waals surface area contributed by atoms with Crippen LogP contribution in [0.3, 0.4) is 0 Å². The van der Waals surface area contributed by atoms with Crippen molar-refractivity contribution >= 4 is 10.9 Å². The second-order valence-electron chi connectivity index (χ2n) is 5.06. The van der Waals surface area contributed by atoms with E-state index in [9.17, 15) is 4.79 Å². The van der Waals surface area contributed by atoms with Crippen LogP contribution in [0, 0.1) is 5.92 Å². The molecule has 18 heavy (non-hydrogen) atoms. The Bertz CT molecular complexity index is 606. The Balaban J connectivity index is 1.94. The van der Waals surface area contributed by atoms with Gasteiger partial charge in [0, 0.05) is 44.6 Å². The van der Waals surface area contributed by atoms with Crippen LogP contribution in [-0.2, 0) is 18.3 Å². The Kier molecular flexibility index (Phi) is 2.96. The van der Waals surface area contributed by atoms with E-state index in [2.05, 4.69) is 0 Å². The Morgan fingerprint density at radius 2 is 2.00 bits per heavy atom. The van der Waals surface area contributed by atoms with Gasteiger partial charge in [0.25, 0.3) is 5.56 Å². The van der Waals surface area contributed by atoms with Crippen LogP contribution in [0.1, 0.15) is 12.8 Å². The van der Waals surface area contributed by atoms with Crippen molar-refractivity contribution in [3.05, 3.63) is 34.9 Å². The van der Waals surface area contributed by atoms with Gasteiger partial charge in [-0.05, 0) is 30.9 Å². The number of fused-ring (bicyclic) bond motifs is 1. The smallest absolute Gasteiger partial charge is 0.275 e. The van der Waals surface area contributed by atoms with Gasteiger partial charge in [-0.25, -0.2) is 0 Å². The second kappa shape index (κ2) is 4.61. The molecular weight excluding hydrogens is 228 g/mol. The first-order valence-corrected chi connectivity index (χ1v) is 6.48. The maximum atomic E-state index is 12.4. The number of hydrogen-bond acceptors (Lipinski definition) is 2. The summed E-state index contributed by atoms with van der Waals surface area (Å²) in [5, 5.41) is 1.02. The maximum absolute atomic E-state index is 12.4. The van der Waals surface area contributed by atoms with Crippen LogP contribution in [0.4, 0.5) is 0 Å². The van der Waals surface area contributed by atoms with Crippen LogP contribution in [0.25, 0.3) is 10.9 Å². The van der Waals surface area contributed by atoms with Gasteiger partial charge >= 0.3 is 0 Å². The summed E-state index contributed by atoms with van der Waals surface area (Å²) >= 11 is 0. The van der Waals surface area contributed by atoms with Crippen molar-refractivity contribution in [3.8, 4) is 0 Å². The van der Waals surface area contributed by atoms with Crippen LogP contribution < -0.4 is 5.56 Å². The molecule has 2 aromatic heterocycles. The molecule has 1 aliphatic rings. The normalized spacial score (nSPS) is 17.4. The van der Waals surface area contributed by atoms with Gasteiger partial charge in [0.15, 0.2) is 0 Å². The predicted molar refractivity (Wildman–Crippen MR) is 70.7 cm³/mol. The third kappa shape index (κ3) is 1.97. The number of hydrogen-bond donors (Lipinski definition) is 0. The molecule has 0 bridgehead atoms. The summed E-state index contributed by atoms with van der Waals surface area (Å²) in [5.74, 6) is 0.564. The molecule has 3 heterocycles. The fraction of sp³-hybridized carbons (Fsp3) is 0.500. The molecule has 0 aliphatic carbocycles. The molecule has 2 aromatic rings. The van der Waals surface area contributed by atoms with Crippen molar-refractivity contribution in [2.24, 2.45) is 13.0 Å². The largest absolute Gasteiger partial charge is 0.381 e. The number of nitrogens with zero attached hydrogens (tertiary/aromatic N) is 2. The SMILES string of the molecule is Cn1ccc2ccn(CC3CCOCC3)c(=O)c21. The Morgan fingerprint density at radius 3 is 2.78 bits per heavy atom. The molecule has 96 valence electrons. The highest BCUT2D eigenvalue weighted by Crippen LogP contribution is 2.17. The van der Waals surface area contributed by atoms with E-state index in [1.54, 1.807) is 0 Å². The molecule has 3 rings (SSSR count). The minimum Gasteiger partial charge on any atom is -0.381 e. The van der Waals surface area contributed by atoms with Crippen molar-refractivity contribution < 1.29 is 4.74 Å². The lowest BCUT2D eigenvalue weighted by atomic mass is 10.0. The topological polar surface area (TPSA) is 36.2 Å². The Labute approximate surface area is 106 Å². The van der Waals surface area contributed by atoms with E-state index in [1.165, 1.54) is 0 Å². The van der Waals surface area contributed by atoms with E-state index in [4.69, 9.17) is 4.74 Å². The molecule has 1 aliphatic heterocycles. The van der Waals surface area contributed by atoms with Crippen molar-refractivity contribution in [1.29, 1.82) is 0 Å². The van der Waals surface area contributed by atoms with Gasteiger partial charge in [0.1, 0.15) is 5.52 Å². The summed E-state index contributed by atoms with van der Waals surface area (Å²) in [6.45, 7) is 2.46. The van der Waals surface area contributed by atoms with E-state index in [0.29, 0.717) is 5.92 Å². The molecule has 0 radical (unpaired) electrons. The first kappa shape index (κ1) is 11.5. The van der Waals surface area contributed by atoms with Gasteiger partial charge in [-0.1, -0.05) is 0 Å². The molecular formula is C14H18N2O2. The van der Waals surface area contributed by atoms with Crippen LogP contribution >= 0.6 is 0 Å². The van der Waals surface area contributed by atoms with Gasteiger partial charge < -0.3 is 13.9 Å². The highest BCUT2D eigenvalue weighted by molar-refractivity contribution is 5.78. The molecule has 0 N–H and O–H groups in total. The summed E-state index contributed by atoms with van der Waals surface area (Å²) in [4.78, 5) is 12.4. The summed E-state index contributed by atoms with van der Waals surface area (Å²) in [7, 11) is 1.92. The zero-order valence-corrected chi connectivity index (χ0v) is 10.6. The molecule has 0 amide bonds. The van der Waals surface area contributed by atoms with Gasteiger partial charge in [0.05, 0.1) is 0 Å². The lowest BCUT2D eigenvalue weighted by molar-refractivity contribution is 0.0610. The number of rotatable bonds is 2. The van der Waals surface area contributed by atoms with E-state index in [1.807, 2.05) is 40.7 Å². The van der Waals surface area contributed by atoms with Crippen LogP contribution in [-0.4, -0.2) is 22.3 Å². The number of aryl methyl sites for hydroxylation is 1. The Hall–Kier alpha value is -1.55. The average Bonchev–Trinajstić information content (AvgIpc) is 2.77. The molecule has 0 aromatic carbocycles. The van der Waals surface area contributed by atoms with Crippen molar-refractivity contribution in [2.45, 2.75) is 19.4 Å². The van der Waals surface area contributed by atoms with Gasteiger partial charge in [-0.3, -0.25) is 4.79 Å². The minimum atomic E-state index is 0.117. The van der Waals surface area contributed by atoms with E-state index in [0.717, 1.165) is 43.5 Å². The summed E-state index contributed by atoms with van der Waals surface area (Å²) < 4.78 is 9.10. The second-order valence-corrected chi connectivity index (χ2v) is 5.06. The molecule has 0 unspecified atom stereocenters. The Morgan fingerprint density at radius 1 is 1.28 bits per heavy atom. The third-order valence-electron chi connectivity index (χ3n) is 3.80. The summed E-state index contributed by atoms with van der Waals surface area (Å²) in [6, 6.07) is 4.01. The van der Waals surface area contributed by atoms with Gasteiger partial charge in [-0.15, -0.1) is 0 Å². The fourth-order valence-electron chi connectivity index (χ4n) is 2.68. The molecule has 1 saturated heterocycles. The van der Waals surface area contributed by atoms with E-state index < -0.39 is 0 Å². The lowest BCUT2D eigenvalue weighted by Crippen LogP contribution is -2.27. The number of ether oxygens (including phenoxy) is 1. The van der Waals surface area contributed by atoms with Crippen LogP contribution in [0.5, 0.6) is 0 Å². The lowest BCUT2D eigenvalue weighted by Gasteiger charge is -2.22. The monoisotopic (exact) mass is 246 g/mol. The highest BCUT2D eigenvalue weighted by atomic mass is 16.5. The van der Waals surface area contributed by atoms with Crippen molar-refractivity contribution in [1.82, 2.24) is 9.13 Å². The molecule has 0 spiro atoms. The third-order valence-corrected chi connectivity index (χ3v) is 3.80. The molecule has 0 saturated carbocycles. The predicted octanol–water partition coefficient (Wildman–Crippen LogP) is 1.77. The van der Waals surface area contributed by atoms with Gasteiger partial charge in [0.2, 0.25) is 0 Å². The molecule has 1 fully saturated rings. The van der Waals surface area contributed by atoms with E-state index >= 15 is 0 Å². The first-order chi connectivity index (χ1) is 8.75. The fourth-order valence-corrected chi connectivity index (χ4v) is 2.68. The number of pyridine rings is 1. The zero-order chi connectivity index (χ0) is 12.5. The average molecular weight is 246 g/mol. The van der Waals surface area contributed by atoms with Crippen molar-refractivity contribution in [3.63, 3.8) is 0 Å². The first-order valence-electron chi connectivity index (χ1n) is 6.48. The summed E-state index contributed by atoms with van der Waals surface area (Å²) in [5.41, 5.74) is 0.913. The molecule has 4 nitrogen and oxygen atoms in total. The standard InChI is InChI=1S/C14H18N2O2/c1-15-6-2-12-3-7-16(14(17)13(12)15)10-11-4-8-18-9-5-11/h2-3,6-7,11H,4-5,8-10H2,1H3.